The molecule has 98 valence electrons. The molecule has 1 saturated heterocycles. The predicted molar refractivity (Wildman–Crippen MR) is 66.2 cm³/mol. The largest absolute Gasteiger partial charge is 0.390 e. The molecule has 0 saturated carbocycles. The molecule has 1 aliphatic rings. The third-order valence-corrected chi connectivity index (χ3v) is 2.94. The Morgan fingerprint density at radius 3 is 3.00 bits per heavy atom. The van der Waals surface area contributed by atoms with Crippen LogP contribution in [0.25, 0.3) is 5.57 Å². The number of aromatic amines is 1. The summed E-state index contributed by atoms with van der Waals surface area (Å²) in [5, 5.41) is 9.69. The van der Waals surface area contributed by atoms with Gasteiger partial charge in [0.2, 0.25) is 0 Å². The second-order valence-electron chi connectivity index (χ2n) is 4.42. The van der Waals surface area contributed by atoms with Crippen molar-refractivity contribution in [2.45, 2.75) is 38.7 Å². The number of allylic oxidation sites excluding steroid dienone is 1. The molecule has 2 rings (SSSR count). The highest BCUT2D eigenvalue weighted by Gasteiger charge is 2.32. The minimum Gasteiger partial charge on any atom is -0.390 e. The Hall–Kier alpha value is -1.66. The van der Waals surface area contributed by atoms with Crippen molar-refractivity contribution < 1.29 is 11.2 Å². The molecule has 1 aliphatic heterocycles. The van der Waals surface area contributed by atoms with E-state index in [4.69, 9.17) is 6.11 Å². The van der Waals surface area contributed by atoms with E-state index in [2.05, 4.69) is 11.6 Å². The zero-order valence-corrected chi connectivity index (χ0v) is 10.0. The molecular weight excluding hydrogens is 236 g/mol. The minimum absolute atomic E-state index is 0.0802. The number of hydrogen-bond donors (Lipinski definition) is 2. The topological polar surface area (TPSA) is 84.3 Å². The molecule has 18 heavy (non-hydrogen) atoms. The highest BCUT2D eigenvalue weighted by atomic mass is 16.5. The summed E-state index contributed by atoms with van der Waals surface area (Å²) in [6.45, 7) is 5.26. The summed E-state index contributed by atoms with van der Waals surface area (Å²) in [6.07, 6.45) is -0.474. The summed E-state index contributed by atoms with van der Waals surface area (Å²) in [7, 11) is 0. The van der Waals surface area contributed by atoms with Crippen molar-refractivity contribution in [3.05, 3.63) is 39.2 Å². The van der Waals surface area contributed by atoms with Crippen LogP contribution >= 0.6 is 0 Å². The molecule has 1 aromatic heterocycles. The van der Waals surface area contributed by atoms with E-state index in [-0.39, 0.29) is 13.3 Å². The maximum Gasteiger partial charge on any atom is 0.330 e. The third-order valence-electron chi connectivity index (χ3n) is 2.94. The van der Waals surface area contributed by atoms with Crippen molar-refractivity contribution in [2.75, 3.05) is 0 Å². The van der Waals surface area contributed by atoms with E-state index < -0.39 is 29.7 Å². The lowest BCUT2D eigenvalue weighted by molar-refractivity contribution is -0.0101. The van der Waals surface area contributed by atoms with Crippen molar-refractivity contribution >= 4 is 5.57 Å². The van der Waals surface area contributed by atoms with Gasteiger partial charge >= 0.3 is 5.69 Å². The van der Waals surface area contributed by atoms with E-state index in [0.717, 1.165) is 0 Å². The smallest absolute Gasteiger partial charge is 0.330 e. The van der Waals surface area contributed by atoms with E-state index in [0.29, 0.717) is 11.1 Å². The van der Waals surface area contributed by atoms with Crippen LogP contribution in [-0.4, -0.2) is 26.9 Å². The second kappa shape index (κ2) is 4.55. The van der Waals surface area contributed by atoms with Crippen LogP contribution in [-0.2, 0) is 4.74 Å². The standard InChI is InChI=1S/C12H16N2O4/c1-6(2)8-5-14(12(17)13-11(8)16)10-4-9(15)7(3)18-10/h5,7,9-10,15H,1,4H2,2-3H3,(H,13,16,17)/t7-,9?,10-/m1/s1/i3D. The van der Waals surface area contributed by atoms with Gasteiger partial charge in [-0.15, -0.1) is 0 Å². The minimum atomic E-state index is -0.783. The van der Waals surface area contributed by atoms with Gasteiger partial charge in [-0.25, -0.2) is 4.79 Å². The number of hydrogen-bond acceptors (Lipinski definition) is 4. The van der Waals surface area contributed by atoms with Crippen LogP contribution in [0, 0.1) is 0 Å². The molecule has 0 spiro atoms. The first-order chi connectivity index (χ1) is 8.93. The molecule has 1 unspecified atom stereocenters. The summed E-state index contributed by atoms with van der Waals surface area (Å²) in [5.74, 6) is 0. The number of aromatic nitrogens is 2. The van der Waals surface area contributed by atoms with Gasteiger partial charge in [0.1, 0.15) is 6.23 Å². The molecule has 6 heteroatoms. The molecule has 0 radical (unpaired) electrons. The van der Waals surface area contributed by atoms with Crippen molar-refractivity contribution in [3.63, 3.8) is 0 Å². The molecule has 0 aliphatic carbocycles. The monoisotopic (exact) mass is 253 g/mol. The molecule has 2 heterocycles. The first kappa shape index (κ1) is 11.4. The van der Waals surface area contributed by atoms with E-state index in [9.17, 15) is 14.7 Å². The van der Waals surface area contributed by atoms with Crippen LogP contribution in [0.1, 0.15) is 33.4 Å². The van der Waals surface area contributed by atoms with Gasteiger partial charge in [-0.2, -0.15) is 0 Å². The highest BCUT2D eigenvalue weighted by Crippen LogP contribution is 2.27. The van der Waals surface area contributed by atoms with E-state index in [1.807, 2.05) is 0 Å². The Morgan fingerprint density at radius 2 is 2.44 bits per heavy atom. The molecule has 0 amide bonds. The van der Waals surface area contributed by atoms with Crippen molar-refractivity contribution in [3.8, 4) is 0 Å². The van der Waals surface area contributed by atoms with Gasteiger partial charge in [0.05, 0.1) is 17.8 Å². The number of aliphatic hydroxyl groups is 1. The zero-order valence-electron chi connectivity index (χ0n) is 11.0. The molecule has 0 aromatic carbocycles. The van der Waals surface area contributed by atoms with Gasteiger partial charge < -0.3 is 9.84 Å². The number of nitrogens with one attached hydrogen (secondary N) is 1. The molecule has 6 nitrogen and oxygen atoms in total. The summed E-state index contributed by atoms with van der Waals surface area (Å²) in [6, 6.07) is 0. The number of ether oxygens (including phenoxy) is 1. The normalized spacial score (nSPS) is 28.1. The van der Waals surface area contributed by atoms with Gasteiger partial charge in [0.15, 0.2) is 0 Å². The van der Waals surface area contributed by atoms with E-state index in [1.54, 1.807) is 6.92 Å². The van der Waals surface area contributed by atoms with Crippen LogP contribution in [0.15, 0.2) is 22.4 Å². The van der Waals surface area contributed by atoms with Gasteiger partial charge in [0, 0.05) is 14.0 Å². The molecule has 3 atom stereocenters. The first-order valence-electron chi connectivity index (χ1n) is 6.29. The molecular formula is C12H16N2O4. The van der Waals surface area contributed by atoms with Crippen molar-refractivity contribution in [1.82, 2.24) is 9.55 Å². The fourth-order valence-corrected chi connectivity index (χ4v) is 1.89. The van der Waals surface area contributed by atoms with Crippen LogP contribution < -0.4 is 11.2 Å². The summed E-state index contributed by atoms with van der Waals surface area (Å²) < 4.78 is 13.9. The predicted octanol–water partition coefficient (Wildman–Crippen LogP) is 0.238. The first-order valence-corrected chi connectivity index (χ1v) is 5.58. The number of rotatable bonds is 2. The van der Waals surface area contributed by atoms with Crippen molar-refractivity contribution in [2.24, 2.45) is 0 Å². The number of nitrogens with zero attached hydrogens (tertiary/aromatic N) is 1. The van der Waals surface area contributed by atoms with Gasteiger partial charge in [-0.3, -0.25) is 14.3 Å². The Labute approximate surface area is 105 Å². The summed E-state index contributed by atoms with van der Waals surface area (Å²) >= 11 is 0. The molecule has 2 N–H and O–H groups in total. The van der Waals surface area contributed by atoms with Crippen molar-refractivity contribution in [1.29, 1.82) is 0 Å². The maximum absolute atomic E-state index is 11.8. The van der Waals surface area contributed by atoms with Gasteiger partial charge in [0.25, 0.3) is 5.56 Å². The maximum atomic E-state index is 11.8. The molecule has 1 fully saturated rings. The van der Waals surface area contributed by atoms with E-state index >= 15 is 0 Å². The number of aliphatic hydroxyl groups excluding tert-OH is 1. The lowest BCUT2D eigenvalue weighted by Crippen LogP contribution is -2.33. The van der Waals surface area contributed by atoms with Gasteiger partial charge in [-0.05, 0) is 19.4 Å². The summed E-state index contributed by atoms with van der Waals surface area (Å²) in [5.41, 5.74) is -0.264. The lowest BCUT2D eigenvalue weighted by Gasteiger charge is -2.14. The second-order valence-corrected chi connectivity index (χ2v) is 4.42. The highest BCUT2D eigenvalue weighted by molar-refractivity contribution is 5.59. The summed E-state index contributed by atoms with van der Waals surface area (Å²) in [4.78, 5) is 25.6. The van der Waals surface area contributed by atoms with Crippen LogP contribution in [0.2, 0.25) is 0 Å². The number of H-pyrrole nitrogens is 1. The van der Waals surface area contributed by atoms with Crippen LogP contribution in [0.3, 0.4) is 0 Å². The Morgan fingerprint density at radius 1 is 1.72 bits per heavy atom. The Bertz CT molecular complexity index is 606. The molecule has 0 bridgehead atoms. The Balaban J connectivity index is 2.41. The fourth-order valence-electron chi connectivity index (χ4n) is 1.89. The zero-order chi connectivity index (χ0) is 14.2. The average molecular weight is 253 g/mol. The van der Waals surface area contributed by atoms with E-state index in [1.165, 1.54) is 10.8 Å². The van der Waals surface area contributed by atoms with Crippen LogP contribution in [0.5, 0.6) is 0 Å². The van der Waals surface area contributed by atoms with Gasteiger partial charge in [-0.1, -0.05) is 6.58 Å². The lowest BCUT2D eigenvalue weighted by atomic mass is 10.2. The fraction of sp³-hybridized carbons (Fsp3) is 0.500. The molecule has 1 aromatic rings. The van der Waals surface area contributed by atoms with Crippen LogP contribution in [0.4, 0.5) is 0 Å². The quantitative estimate of drug-likeness (QED) is 0.790. The average Bonchev–Trinajstić information content (AvgIpc) is 2.69. The third kappa shape index (κ3) is 2.16. The SMILES string of the molecule is [2H]C[C@H]1O[C@@H](n2cc(C(=C)C)c(=O)[nH]c2=O)CC1O. The Kier molecular flexibility index (Phi) is 2.89.